The Hall–Kier alpha value is -2.55. The van der Waals surface area contributed by atoms with E-state index >= 15 is 0 Å². The fourth-order valence-corrected chi connectivity index (χ4v) is 4.39. The van der Waals surface area contributed by atoms with E-state index in [2.05, 4.69) is 10.6 Å². The predicted molar refractivity (Wildman–Crippen MR) is 111 cm³/mol. The minimum atomic E-state index is -0.767. The zero-order valence-electron chi connectivity index (χ0n) is 16.7. The molecule has 5 amide bonds. The van der Waals surface area contributed by atoms with Gasteiger partial charge in [-0.2, -0.15) is 0 Å². The molecule has 2 N–H and O–H groups in total. The largest absolute Gasteiger partial charge is 0.336 e. The molecular formula is C20H26N4O4S. The number of rotatable bonds is 7. The number of likely N-dealkylation sites (N-methyl/N-ethyl adjacent to an activating group) is 1. The summed E-state index contributed by atoms with van der Waals surface area (Å²) < 4.78 is 0. The molecular weight excluding hydrogens is 392 g/mol. The van der Waals surface area contributed by atoms with Gasteiger partial charge in [-0.1, -0.05) is 25.0 Å². The molecule has 1 saturated carbocycles. The van der Waals surface area contributed by atoms with Crippen LogP contribution in [0.25, 0.3) is 0 Å². The van der Waals surface area contributed by atoms with Crippen LogP contribution >= 0.6 is 11.8 Å². The molecule has 1 spiro atoms. The van der Waals surface area contributed by atoms with Crippen LogP contribution in [0.2, 0.25) is 0 Å². The van der Waals surface area contributed by atoms with Crippen LogP contribution in [-0.4, -0.2) is 65.5 Å². The average Bonchev–Trinajstić information content (AvgIpc) is 3.25. The first kappa shape index (κ1) is 21.2. The second-order valence-corrected chi connectivity index (χ2v) is 8.27. The highest BCUT2D eigenvalue weighted by atomic mass is 32.2. The SMILES string of the molecule is CSc1ccccc1NC(=O)CN(C)C(=O)CCN1C(=O)NC2(CCCC2)C1=O. The molecule has 0 bridgehead atoms. The molecule has 2 fully saturated rings. The van der Waals surface area contributed by atoms with E-state index in [4.69, 9.17) is 0 Å². The number of anilines is 1. The molecule has 1 aromatic rings. The maximum atomic E-state index is 12.6. The predicted octanol–water partition coefficient (Wildman–Crippen LogP) is 2.06. The van der Waals surface area contributed by atoms with E-state index in [0.717, 1.165) is 22.6 Å². The maximum absolute atomic E-state index is 12.6. The summed E-state index contributed by atoms with van der Waals surface area (Å²) in [5.74, 6) is -0.838. The number of hydrogen-bond acceptors (Lipinski definition) is 5. The van der Waals surface area contributed by atoms with E-state index in [1.165, 1.54) is 23.7 Å². The van der Waals surface area contributed by atoms with Gasteiger partial charge in [-0.05, 0) is 31.2 Å². The highest BCUT2D eigenvalue weighted by molar-refractivity contribution is 7.98. The number of nitrogens with zero attached hydrogens (tertiary/aromatic N) is 2. The van der Waals surface area contributed by atoms with Crippen LogP contribution in [-0.2, 0) is 14.4 Å². The summed E-state index contributed by atoms with van der Waals surface area (Å²) in [6.45, 7) is -0.0852. The minimum absolute atomic E-state index is 0.0135. The Kier molecular flexibility index (Phi) is 6.46. The fourth-order valence-electron chi connectivity index (χ4n) is 3.84. The molecule has 9 heteroatoms. The number of thioether (sulfide) groups is 1. The van der Waals surface area contributed by atoms with Gasteiger partial charge in [0.1, 0.15) is 5.54 Å². The van der Waals surface area contributed by atoms with Crippen LogP contribution in [0.4, 0.5) is 10.5 Å². The van der Waals surface area contributed by atoms with Crippen molar-refractivity contribution < 1.29 is 19.2 Å². The highest BCUT2D eigenvalue weighted by Crippen LogP contribution is 2.35. The second kappa shape index (κ2) is 8.86. The van der Waals surface area contributed by atoms with E-state index in [9.17, 15) is 19.2 Å². The Morgan fingerprint density at radius 3 is 2.62 bits per heavy atom. The first-order valence-corrected chi connectivity index (χ1v) is 10.9. The Morgan fingerprint density at radius 2 is 1.93 bits per heavy atom. The molecule has 3 rings (SSSR count). The lowest BCUT2D eigenvalue weighted by Crippen LogP contribution is -2.44. The van der Waals surface area contributed by atoms with Crippen LogP contribution in [0.15, 0.2) is 29.2 Å². The van der Waals surface area contributed by atoms with Gasteiger partial charge in [-0.15, -0.1) is 11.8 Å². The first-order valence-electron chi connectivity index (χ1n) is 9.67. The number of hydrogen-bond donors (Lipinski definition) is 2. The van der Waals surface area contributed by atoms with Crippen molar-refractivity contribution in [2.24, 2.45) is 0 Å². The molecule has 1 heterocycles. The van der Waals surface area contributed by atoms with Gasteiger partial charge in [0, 0.05) is 24.9 Å². The van der Waals surface area contributed by atoms with E-state index in [1.807, 2.05) is 30.5 Å². The first-order chi connectivity index (χ1) is 13.9. The Morgan fingerprint density at radius 1 is 1.24 bits per heavy atom. The lowest BCUT2D eigenvalue weighted by atomic mass is 9.98. The van der Waals surface area contributed by atoms with Crippen molar-refractivity contribution in [3.63, 3.8) is 0 Å². The van der Waals surface area contributed by atoms with Gasteiger partial charge in [0.2, 0.25) is 11.8 Å². The Labute approximate surface area is 174 Å². The van der Waals surface area contributed by atoms with Crippen molar-refractivity contribution in [1.82, 2.24) is 15.1 Å². The van der Waals surface area contributed by atoms with Crippen LogP contribution < -0.4 is 10.6 Å². The molecule has 0 radical (unpaired) electrons. The van der Waals surface area contributed by atoms with E-state index in [-0.39, 0.29) is 37.2 Å². The normalized spacial score (nSPS) is 17.5. The van der Waals surface area contributed by atoms with Crippen LogP contribution in [0.3, 0.4) is 0 Å². The number of urea groups is 1. The number of imide groups is 1. The summed E-state index contributed by atoms with van der Waals surface area (Å²) in [7, 11) is 1.53. The lowest BCUT2D eigenvalue weighted by molar-refractivity contribution is -0.135. The molecule has 1 saturated heterocycles. The topological polar surface area (TPSA) is 98.8 Å². The van der Waals surface area contributed by atoms with Crippen molar-refractivity contribution >= 4 is 41.2 Å². The Balaban J connectivity index is 1.50. The third-order valence-corrected chi connectivity index (χ3v) is 6.24. The van der Waals surface area contributed by atoms with Crippen LogP contribution in [0, 0.1) is 0 Å². The van der Waals surface area contributed by atoms with Gasteiger partial charge in [0.15, 0.2) is 0 Å². The van der Waals surface area contributed by atoms with E-state index in [0.29, 0.717) is 18.5 Å². The van der Waals surface area contributed by atoms with E-state index < -0.39 is 11.6 Å². The molecule has 0 aromatic heterocycles. The summed E-state index contributed by atoms with van der Waals surface area (Å²) in [5.41, 5.74) is -0.0663. The second-order valence-electron chi connectivity index (χ2n) is 7.42. The molecule has 29 heavy (non-hydrogen) atoms. The van der Waals surface area contributed by atoms with Gasteiger partial charge in [-0.3, -0.25) is 19.3 Å². The quantitative estimate of drug-likeness (QED) is 0.522. The molecule has 1 aromatic carbocycles. The number of carbonyl (C=O) groups is 4. The molecule has 2 aliphatic rings. The number of carbonyl (C=O) groups excluding carboxylic acids is 4. The number of nitrogens with one attached hydrogen (secondary N) is 2. The number of amides is 5. The summed E-state index contributed by atoms with van der Waals surface area (Å²) in [5, 5.41) is 5.61. The molecule has 0 unspecified atom stereocenters. The summed E-state index contributed by atoms with van der Waals surface area (Å²) in [4.78, 5) is 52.9. The van der Waals surface area contributed by atoms with Crippen molar-refractivity contribution in [2.45, 2.75) is 42.5 Å². The maximum Gasteiger partial charge on any atom is 0.325 e. The van der Waals surface area contributed by atoms with Crippen molar-refractivity contribution in [3.05, 3.63) is 24.3 Å². The van der Waals surface area contributed by atoms with E-state index in [1.54, 1.807) is 0 Å². The van der Waals surface area contributed by atoms with Gasteiger partial charge < -0.3 is 15.5 Å². The Bertz CT molecular complexity index is 822. The molecule has 156 valence electrons. The average molecular weight is 419 g/mol. The van der Waals surface area contributed by atoms with Gasteiger partial charge in [-0.25, -0.2) is 4.79 Å². The molecule has 1 aliphatic heterocycles. The summed E-state index contributed by atoms with van der Waals surface area (Å²) in [6.07, 6.45) is 5.04. The lowest BCUT2D eigenvalue weighted by Gasteiger charge is -2.21. The minimum Gasteiger partial charge on any atom is -0.336 e. The number of para-hydroxylation sites is 1. The zero-order chi connectivity index (χ0) is 21.0. The van der Waals surface area contributed by atoms with Crippen LogP contribution in [0.1, 0.15) is 32.1 Å². The standard InChI is InChI=1S/C20H26N4O4S/c1-23(13-16(25)21-14-7-3-4-8-15(14)29-2)17(26)9-12-24-18(27)20(22-19(24)28)10-5-6-11-20/h3-4,7-8H,5-6,9-13H2,1-2H3,(H,21,25)(H,22,28). The molecule has 1 aliphatic carbocycles. The summed E-state index contributed by atoms with van der Waals surface area (Å²) in [6, 6.07) is 7.01. The van der Waals surface area contributed by atoms with Gasteiger partial charge >= 0.3 is 6.03 Å². The molecule has 0 atom stereocenters. The van der Waals surface area contributed by atoms with Gasteiger partial charge in [0.25, 0.3) is 5.91 Å². The fraction of sp³-hybridized carbons (Fsp3) is 0.500. The van der Waals surface area contributed by atoms with Crippen molar-refractivity contribution in [2.75, 3.05) is 31.7 Å². The number of benzene rings is 1. The van der Waals surface area contributed by atoms with Crippen molar-refractivity contribution in [3.8, 4) is 0 Å². The monoisotopic (exact) mass is 418 g/mol. The molecule has 8 nitrogen and oxygen atoms in total. The van der Waals surface area contributed by atoms with Crippen molar-refractivity contribution in [1.29, 1.82) is 0 Å². The highest BCUT2D eigenvalue weighted by Gasteiger charge is 2.52. The van der Waals surface area contributed by atoms with Gasteiger partial charge in [0.05, 0.1) is 12.2 Å². The van der Waals surface area contributed by atoms with Crippen LogP contribution in [0.5, 0.6) is 0 Å². The third kappa shape index (κ3) is 4.55. The summed E-state index contributed by atoms with van der Waals surface area (Å²) >= 11 is 1.52. The smallest absolute Gasteiger partial charge is 0.325 e. The third-order valence-electron chi connectivity index (χ3n) is 5.44. The zero-order valence-corrected chi connectivity index (χ0v) is 17.5.